The first-order chi connectivity index (χ1) is 11.2. The first-order valence-electron chi connectivity index (χ1n) is 7.54. The molecule has 0 aliphatic heterocycles. The lowest BCUT2D eigenvalue weighted by atomic mass is 9.88. The van der Waals surface area contributed by atoms with Gasteiger partial charge in [0.15, 0.2) is 5.54 Å². The molecule has 1 atom stereocenters. The third kappa shape index (κ3) is 4.39. The third-order valence-corrected chi connectivity index (χ3v) is 3.65. The van der Waals surface area contributed by atoms with Crippen molar-refractivity contribution < 1.29 is 9.53 Å². The summed E-state index contributed by atoms with van der Waals surface area (Å²) in [5.41, 5.74) is 0.983. The van der Waals surface area contributed by atoms with Gasteiger partial charge in [-0.3, -0.25) is 4.99 Å². The van der Waals surface area contributed by atoms with Gasteiger partial charge in [0, 0.05) is 19.1 Å². The van der Waals surface area contributed by atoms with Gasteiger partial charge in [-0.05, 0) is 11.1 Å². The minimum Gasteiger partial charge on any atom is -0.467 e. The van der Waals surface area contributed by atoms with Gasteiger partial charge in [-0.25, -0.2) is 4.79 Å². The summed E-state index contributed by atoms with van der Waals surface area (Å²) in [5, 5.41) is 0. The molecule has 0 aliphatic carbocycles. The average molecular weight is 307 g/mol. The van der Waals surface area contributed by atoms with E-state index >= 15 is 0 Å². The van der Waals surface area contributed by atoms with Gasteiger partial charge in [0.2, 0.25) is 0 Å². The molecular formula is C20H21NO2. The fraction of sp³-hybridized carbons (Fsp3) is 0.200. The molecular weight excluding hydrogens is 286 g/mol. The number of carbonyl (C=O) groups is 1. The minimum atomic E-state index is -0.992. The van der Waals surface area contributed by atoms with Gasteiger partial charge >= 0.3 is 5.97 Å². The Morgan fingerprint density at radius 2 is 1.74 bits per heavy atom. The van der Waals surface area contributed by atoms with E-state index in [0.29, 0.717) is 12.8 Å². The Hall–Kier alpha value is -2.68. The van der Waals surface area contributed by atoms with Crippen molar-refractivity contribution in [2.24, 2.45) is 4.99 Å². The molecule has 0 aliphatic rings. The highest BCUT2D eigenvalue weighted by Gasteiger charge is 2.37. The van der Waals surface area contributed by atoms with Gasteiger partial charge in [0.05, 0.1) is 7.11 Å². The molecule has 3 nitrogen and oxygen atoms in total. The number of methoxy groups -OCH3 is 1. The molecule has 23 heavy (non-hydrogen) atoms. The van der Waals surface area contributed by atoms with Crippen LogP contribution in [0, 0.1) is 0 Å². The predicted molar refractivity (Wildman–Crippen MR) is 93.7 cm³/mol. The number of benzene rings is 2. The normalized spacial score (nSPS) is 13.4. The van der Waals surface area contributed by atoms with Crippen LogP contribution in [0.3, 0.4) is 0 Å². The lowest BCUT2D eigenvalue weighted by Gasteiger charge is -2.26. The zero-order valence-corrected chi connectivity index (χ0v) is 13.3. The summed E-state index contributed by atoms with van der Waals surface area (Å²) in [7, 11) is 1.39. The van der Waals surface area contributed by atoms with Crippen LogP contribution in [-0.4, -0.2) is 24.8 Å². The highest BCUT2D eigenvalue weighted by Crippen LogP contribution is 2.25. The molecule has 2 aromatic rings. The van der Waals surface area contributed by atoms with Crippen molar-refractivity contribution in [1.82, 2.24) is 0 Å². The molecule has 1 unspecified atom stereocenters. The summed E-state index contributed by atoms with van der Waals surface area (Å²) < 4.78 is 5.03. The first-order valence-corrected chi connectivity index (χ1v) is 7.54. The summed E-state index contributed by atoms with van der Waals surface area (Å²) in [6, 6.07) is 19.5. The number of nitrogens with zero attached hydrogens (tertiary/aromatic N) is 1. The van der Waals surface area contributed by atoms with Gasteiger partial charge in [-0.2, -0.15) is 0 Å². The van der Waals surface area contributed by atoms with Crippen LogP contribution < -0.4 is 0 Å². The molecule has 0 heterocycles. The van der Waals surface area contributed by atoms with Crippen molar-refractivity contribution in [2.45, 2.75) is 18.4 Å². The molecule has 0 radical (unpaired) electrons. The van der Waals surface area contributed by atoms with Crippen molar-refractivity contribution in [3.63, 3.8) is 0 Å². The van der Waals surface area contributed by atoms with Crippen LogP contribution in [-0.2, 0) is 16.0 Å². The Bertz CT molecular complexity index is 665. The second-order valence-corrected chi connectivity index (χ2v) is 5.35. The van der Waals surface area contributed by atoms with Gasteiger partial charge in [-0.1, -0.05) is 66.7 Å². The van der Waals surface area contributed by atoms with Crippen molar-refractivity contribution >= 4 is 12.2 Å². The quantitative estimate of drug-likeness (QED) is 0.443. The molecule has 0 N–H and O–H groups in total. The third-order valence-electron chi connectivity index (χ3n) is 3.65. The van der Waals surface area contributed by atoms with Crippen LogP contribution in [0.2, 0.25) is 0 Å². The number of esters is 1. The highest BCUT2D eigenvalue weighted by atomic mass is 16.5. The van der Waals surface area contributed by atoms with E-state index in [-0.39, 0.29) is 5.97 Å². The topological polar surface area (TPSA) is 38.7 Å². The molecule has 2 rings (SSSR count). The number of ether oxygens (including phenoxy) is 1. The van der Waals surface area contributed by atoms with Crippen molar-refractivity contribution in [1.29, 1.82) is 0 Å². The van der Waals surface area contributed by atoms with Crippen LogP contribution in [0.1, 0.15) is 17.5 Å². The fourth-order valence-electron chi connectivity index (χ4n) is 2.48. The van der Waals surface area contributed by atoms with Crippen molar-refractivity contribution in [3.05, 3.63) is 84.4 Å². The molecule has 0 saturated heterocycles. The SMILES string of the molecule is C=CCC(Cc1ccccc1)(/N=C/c1ccccc1)C(=O)OC. The zero-order valence-electron chi connectivity index (χ0n) is 13.3. The second-order valence-electron chi connectivity index (χ2n) is 5.35. The van der Waals surface area contributed by atoms with Crippen LogP contribution in [0.4, 0.5) is 0 Å². The highest BCUT2D eigenvalue weighted by molar-refractivity contribution is 5.87. The number of hydrogen-bond acceptors (Lipinski definition) is 3. The summed E-state index contributed by atoms with van der Waals surface area (Å²) >= 11 is 0. The van der Waals surface area contributed by atoms with E-state index < -0.39 is 5.54 Å². The Balaban J connectivity index is 2.38. The second kappa shape index (κ2) is 8.08. The average Bonchev–Trinajstić information content (AvgIpc) is 2.61. The lowest BCUT2D eigenvalue weighted by molar-refractivity contribution is -0.146. The van der Waals surface area contributed by atoms with Gasteiger partial charge in [0.1, 0.15) is 0 Å². The monoisotopic (exact) mass is 307 g/mol. The van der Waals surface area contributed by atoms with E-state index in [4.69, 9.17) is 4.74 Å². The summed E-state index contributed by atoms with van der Waals surface area (Å²) in [5.74, 6) is -0.353. The summed E-state index contributed by atoms with van der Waals surface area (Å²) in [6.07, 6.45) is 4.32. The molecule has 0 aromatic heterocycles. The van der Waals surface area contributed by atoms with Crippen LogP contribution in [0.25, 0.3) is 0 Å². The number of rotatable bonds is 7. The summed E-state index contributed by atoms with van der Waals surface area (Å²) in [6.45, 7) is 3.78. The lowest BCUT2D eigenvalue weighted by Crippen LogP contribution is -2.40. The molecule has 118 valence electrons. The Labute approximate surface area is 137 Å². The number of hydrogen-bond donors (Lipinski definition) is 0. The van der Waals surface area contributed by atoms with Crippen LogP contribution in [0.5, 0.6) is 0 Å². The number of aliphatic imine (C=N–C) groups is 1. The van der Waals surface area contributed by atoms with E-state index in [9.17, 15) is 4.79 Å². The van der Waals surface area contributed by atoms with Gasteiger partial charge in [-0.15, -0.1) is 6.58 Å². The minimum absolute atomic E-state index is 0.353. The van der Waals surface area contributed by atoms with Gasteiger partial charge < -0.3 is 4.74 Å². The number of carbonyl (C=O) groups excluding carboxylic acids is 1. The van der Waals surface area contributed by atoms with E-state index in [0.717, 1.165) is 11.1 Å². The smallest absolute Gasteiger partial charge is 0.334 e. The first kappa shape index (κ1) is 16.7. The van der Waals surface area contributed by atoms with Crippen molar-refractivity contribution in [3.8, 4) is 0 Å². The molecule has 0 saturated carbocycles. The molecule has 0 fully saturated rings. The molecule has 0 amide bonds. The van der Waals surface area contributed by atoms with Crippen LogP contribution >= 0.6 is 0 Å². The Kier molecular flexibility index (Phi) is 5.87. The standard InChI is InChI=1S/C20H21NO2/c1-3-14-20(19(22)23-2,15-17-10-6-4-7-11-17)21-16-18-12-8-5-9-13-18/h3-13,16H,1,14-15H2,2H3/b21-16+. The maximum Gasteiger partial charge on any atom is 0.334 e. The maximum atomic E-state index is 12.5. The van der Waals surface area contributed by atoms with E-state index in [1.165, 1.54) is 7.11 Å². The molecule has 2 aromatic carbocycles. The van der Waals surface area contributed by atoms with E-state index in [2.05, 4.69) is 11.6 Å². The van der Waals surface area contributed by atoms with E-state index in [1.807, 2.05) is 60.7 Å². The van der Waals surface area contributed by atoms with Crippen LogP contribution in [0.15, 0.2) is 78.3 Å². The van der Waals surface area contributed by atoms with E-state index in [1.54, 1.807) is 12.3 Å². The van der Waals surface area contributed by atoms with Crippen molar-refractivity contribution in [2.75, 3.05) is 7.11 Å². The Morgan fingerprint density at radius 3 is 2.30 bits per heavy atom. The largest absolute Gasteiger partial charge is 0.467 e. The fourth-order valence-corrected chi connectivity index (χ4v) is 2.48. The van der Waals surface area contributed by atoms with Gasteiger partial charge in [0.25, 0.3) is 0 Å². The molecule has 0 spiro atoms. The molecule has 0 bridgehead atoms. The maximum absolute atomic E-state index is 12.5. The Morgan fingerprint density at radius 1 is 1.13 bits per heavy atom. The predicted octanol–water partition coefficient (Wildman–Crippen LogP) is 3.84. The summed E-state index contributed by atoms with van der Waals surface area (Å²) in [4.78, 5) is 17.1. The molecule has 3 heteroatoms. The zero-order chi connectivity index (χ0) is 16.5.